The Morgan fingerprint density at radius 2 is 1.62 bits per heavy atom. The molecule has 1 nitrogen and oxygen atoms in total. The van der Waals surface area contributed by atoms with E-state index in [0.717, 1.165) is 10.5 Å². The second kappa shape index (κ2) is 7.23. The number of allylic oxidation sites excluding steroid dienone is 1. The van der Waals surface area contributed by atoms with Crippen LogP contribution in [0.1, 0.15) is 18.1 Å². The first-order valence-corrected chi connectivity index (χ1v) is 7.60. The van der Waals surface area contributed by atoms with Gasteiger partial charge in [-0.2, -0.15) is 0 Å². The van der Waals surface area contributed by atoms with Crippen LogP contribution in [0, 0.1) is 0 Å². The Kier molecular flexibility index (Phi) is 5.35. The summed E-state index contributed by atoms with van der Waals surface area (Å²) in [5, 5.41) is 4.02. The first-order chi connectivity index (χ1) is 10.1. The van der Waals surface area contributed by atoms with Gasteiger partial charge in [0.1, 0.15) is 7.85 Å². The van der Waals surface area contributed by atoms with E-state index in [1.54, 1.807) is 11.8 Å². The maximum absolute atomic E-state index is 5.77. The molecule has 1 N–H and O–H groups in total. The van der Waals surface area contributed by atoms with Crippen molar-refractivity contribution in [1.29, 1.82) is 0 Å². The normalized spacial score (nSPS) is 11.7. The molecule has 0 spiro atoms. The molecule has 0 heterocycles. The number of hydrogen-bond acceptors (Lipinski definition) is 2. The number of rotatable bonds is 5. The van der Waals surface area contributed by atoms with E-state index in [9.17, 15) is 0 Å². The van der Waals surface area contributed by atoms with Crippen molar-refractivity contribution in [3.63, 3.8) is 0 Å². The Hall–Kier alpha value is -1.87. The summed E-state index contributed by atoms with van der Waals surface area (Å²) in [5.74, 6) is 0. The quantitative estimate of drug-likeness (QED) is 0.664. The van der Waals surface area contributed by atoms with Gasteiger partial charge in [-0.25, -0.2) is 0 Å². The van der Waals surface area contributed by atoms with E-state index in [1.807, 2.05) is 37.4 Å². The zero-order valence-electron chi connectivity index (χ0n) is 12.4. The summed E-state index contributed by atoms with van der Waals surface area (Å²) in [5.41, 5.74) is 4.34. The first kappa shape index (κ1) is 15.5. The second-order valence-corrected chi connectivity index (χ2v) is 5.82. The molecule has 0 aliphatic heterocycles. The maximum atomic E-state index is 5.77. The van der Waals surface area contributed by atoms with Crippen LogP contribution in [0.25, 0.3) is 10.5 Å². The topological polar surface area (TPSA) is 12.0 Å². The molecule has 0 amide bonds. The van der Waals surface area contributed by atoms with Crippen molar-refractivity contribution in [3.8, 4) is 0 Å². The van der Waals surface area contributed by atoms with E-state index in [1.165, 1.54) is 21.6 Å². The summed E-state index contributed by atoms with van der Waals surface area (Å²) in [7, 11) is 7.66. The molecule has 104 valence electrons. The summed E-state index contributed by atoms with van der Waals surface area (Å²) in [4.78, 5) is 1.19. The fourth-order valence-corrected chi connectivity index (χ4v) is 2.85. The molecule has 0 aromatic heterocycles. The van der Waals surface area contributed by atoms with Crippen LogP contribution >= 0.6 is 11.8 Å². The molecule has 3 heteroatoms. The highest BCUT2D eigenvalue weighted by molar-refractivity contribution is 8.11. The van der Waals surface area contributed by atoms with E-state index in [0.29, 0.717) is 0 Å². The van der Waals surface area contributed by atoms with E-state index in [-0.39, 0.29) is 0 Å². The van der Waals surface area contributed by atoms with Crippen LogP contribution in [0.15, 0.2) is 66.2 Å². The third kappa shape index (κ3) is 4.05. The standard InChI is InChI=1S/C18H18BNS/c1-13(15-9-11-17(19)12-10-15)18(21-14(2)20-3)16-7-5-4-6-8-16/h4-12,20H,2H2,1,3H3/b18-13+. The highest BCUT2D eigenvalue weighted by Crippen LogP contribution is 2.37. The number of nitrogens with one attached hydrogen (secondary N) is 1. The molecule has 0 unspecified atom stereocenters. The molecule has 0 saturated carbocycles. The van der Waals surface area contributed by atoms with Crippen LogP contribution in [-0.2, 0) is 0 Å². The molecule has 0 aliphatic rings. The molecule has 2 rings (SSSR count). The van der Waals surface area contributed by atoms with Gasteiger partial charge in [0.25, 0.3) is 0 Å². The first-order valence-electron chi connectivity index (χ1n) is 6.78. The molecule has 21 heavy (non-hydrogen) atoms. The Morgan fingerprint density at radius 1 is 1.00 bits per heavy atom. The smallest absolute Gasteiger partial charge is 0.113 e. The lowest BCUT2D eigenvalue weighted by molar-refractivity contribution is 1.09. The van der Waals surface area contributed by atoms with Crippen molar-refractivity contribution < 1.29 is 0 Å². The van der Waals surface area contributed by atoms with Crippen LogP contribution in [-0.4, -0.2) is 14.9 Å². The van der Waals surface area contributed by atoms with Gasteiger partial charge in [0.15, 0.2) is 0 Å². The molecule has 0 atom stereocenters. The largest absolute Gasteiger partial charge is 0.383 e. The van der Waals surface area contributed by atoms with Gasteiger partial charge < -0.3 is 5.32 Å². The van der Waals surface area contributed by atoms with Crippen molar-refractivity contribution in [3.05, 3.63) is 77.3 Å². The van der Waals surface area contributed by atoms with E-state index in [4.69, 9.17) is 7.85 Å². The zero-order chi connectivity index (χ0) is 15.2. The molecule has 2 aromatic carbocycles. The van der Waals surface area contributed by atoms with Crippen LogP contribution in [0.4, 0.5) is 0 Å². The lowest BCUT2D eigenvalue weighted by Gasteiger charge is -2.14. The summed E-state index contributed by atoms with van der Waals surface area (Å²) >= 11 is 1.65. The molecule has 0 bridgehead atoms. The summed E-state index contributed by atoms with van der Waals surface area (Å²) in [6.45, 7) is 6.16. The van der Waals surface area contributed by atoms with Gasteiger partial charge in [-0.3, -0.25) is 0 Å². The predicted molar refractivity (Wildman–Crippen MR) is 96.6 cm³/mol. The molecule has 0 saturated heterocycles. The van der Waals surface area contributed by atoms with Crippen LogP contribution in [0.3, 0.4) is 0 Å². The fraction of sp³-hybridized carbons (Fsp3) is 0.111. The Labute approximate surface area is 132 Å². The highest BCUT2D eigenvalue weighted by Gasteiger charge is 2.10. The lowest BCUT2D eigenvalue weighted by atomic mass is 9.93. The molecule has 2 radical (unpaired) electrons. The number of benzene rings is 2. The van der Waals surface area contributed by atoms with Gasteiger partial charge in [-0.1, -0.05) is 78.4 Å². The zero-order valence-corrected chi connectivity index (χ0v) is 13.2. The molecular formula is C18H18BNS. The van der Waals surface area contributed by atoms with Gasteiger partial charge in [0.2, 0.25) is 0 Å². The molecule has 0 fully saturated rings. The fourth-order valence-electron chi connectivity index (χ4n) is 1.98. The van der Waals surface area contributed by atoms with Crippen molar-refractivity contribution >= 4 is 35.5 Å². The van der Waals surface area contributed by atoms with Gasteiger partial charge in [0.05, 0.1) is 5.03 Å². The minimum Gasteiger partial charge on any atom is -0.383 e. The van der Waals surface area contributed by atoms with Crippen LogP contribution < -0.4 is 10.8 Å². The Balaban J connectivity index is 2.49. The minimum absolute atomic E-state index is 0.778. The van der Waals surface area contributed by atoms with Gasteiger partial charge >= 0.3 is 0 Å². The number of thioether (sulfide) groups is 1. The number of hydrogen-bond donors (Lipinski definition) is 1. The van der Waals surface area contributed by atoms with Crippen molar-refractivity contribution in [2.45, 2.75) is 6.92 Å². The minimum atomic E-state index is 0.778. The Bertz CT molecular complexity index is 645. The third-order valence-corrected chi connectivity index (χ3v) is 4.42. The van der Waals surface area contributed by atoms with Crippen molar-refractivity contribution in [2.24, 2.45) is 0 Å². The average Bonchev–Trinajstić information content (AvgIpc) is 2.53. The SMILES string of the molecule is [B]c1ccc(/C(C)=C(/SC(=C)NC)c2ccccc2)cc1. The third-order valence-electron chi connectivity index (χ3n) is 3.22. The summed E-state index contributed by atoms with van der Waals surface area (Å²) < 4.78 is 0. The second-order valence-electron chi connectivity index (χ2n) is 4.72. The predicted octanol–water partition coefficient (Wildman–Crippen LogP) is 3.79. The van der Waals surface area contributed by atoms with Gasteiger partial charge in [0, 0.05) is 12.0 Å². The van der Waals surface area contributed by atoms with Crippen molar-refractivity contribution in [2.75, 3.05) is 7.05 Å². The molecular weight excluding hydrogens is 273 g/mol. The molecule has 0 aliphatic carbocycles. The van der Waals surface area contributed by atoms with Crippen LogP contribution in [0.5, 0.6) is 0 Å². The van der Waals surface area contributed by atoms with Gasteiger partial charge in [-0.05, 0) is 23.6 Å². The molecule has 2 aromatic rings. The average molecular weight is 291 g/mol. The maximum Gasteiger partial charge on any atom is 0.113 e. The van der Waals surface area contributed by atoms with Crippen LogP contribution in [0.2, 0.25) is 0 Å². The highest BCUT2D eigenvalue weighted by atomic mass is 32.2. The van der Waals surface area contributed by atoms with E-state index in [2.05, 4.69) is 43.1 Å². The summed E-state index contributed by atoms with van der Waals surface area (Å²) in [6, 6.07) is 18.3. The van der Waals surface area contributed by atoms with Crippen molar-refractivity contribution in [1.82, 2.24) is 5.32 Å². The Morgan fingerprint density at radius 3 is 2.19 bits per heavy atom. The van der Waals surface area contributed by atoms with Gasteiger partial charge in [-0.15, -0.1) is 0 Å². The van der Waals surface area contributed by atoms with E-state index >= 15 is 0 Å². The lowest BCUT2D eigenvalue weighted by Crippen LogP contribution is -2.02. The summed E-state index contributed by atoms with van der Waals surface area (Å²) in [6.07, 6.45) is 0. The monoisotopic (exact) mass is 291 g/mol. The van der Waals surface area contributed by atoms with E-state index < -0.39 is 0 Å².